The van der Waals surface area contributed by atoms with Crippen LogP contribution in [0.5, 0.6) is 0 Å². The monoisotopic (exact) mass is 717 g/mol. The predicted octanol–water partition coefficient (Wildman–Crippen LogP) is 7.10. The highest BCUT2D eigenvalue weighted by Gasteiger charge is 2.21. The molecule has 268 valence electrons. The number of thiazole rings is 1. The molecule has 0 unspecified atom stereocenters. The number of aryl methyl sites for hydroxylation is 2. The molecule has 3 N–H and O–H groups in total. The molecule has 9 nitrogen and oxygen atoms in total. The minimum Gasteiger partial charge on any atom is -0.379 e. The third kappa shape index (κ3) is 15.7. The summed E-state index contributed by atoms with van der Waals surface area (Å²) in [6.07, 6.45) is 2.41. The number of methoxy groups -OCH3 is 1. The molecule has 5 rings (SSSR count). The van der Waals surface area contributed by atoms with Crippen molar-refractivity contribution in [2.75, 3.05) is 37.8 Å². The number of ether oxygens (including phenoxy) is 1. The molecule has 1 saturated heterocycles. The van der Waals surface area contributed by atoms with Crippen LogP contribution in [0.2, 0.25) is 0 Å². The van der Waals surface area contributed by atoms with Crippen molar-refractivity contribution in [2.45, 2.75) is 70.0 Å². The Kier molecular flexibility index (Phi) is 17.2. The Balaban J connectivity index is 0.000000477. The van der Waals surface area contributed by atoms with Gasteiger partial charge in [-0.3, -0.25) is 19.3 Å². The van der Waals surface area contributed by atoms with E-state index in [1.807, 2.05) is 80.7 Å². The van der Waals surface area contributed by atoms with E-state index in [0.29, 0.717) is 17.9 Å². The number of amides is 3. The van der Waals surface area contributed by atoms with E-state index in [9.17, 15) is 14.4 Å². The van der Waals surface area contributed by atoms with Crippen molar-refractivity contribution >= 4 is 47.0 Å². The van der Waals surface area contributed by atoms with Gasteiger partial charge in [-0.05, 0) is 76.3 Å². The molecule has 0 bridgehead atoms. The molecule has 0 saturated carbocycles. The summed E-state index contributed by atoms with van der Waals surface area (Å²) in [6.45, 7) is 13.2. The Morgan fingerprint density at radius 1 is 0.960 bits per heavy atom. The van der Waals surface area contributed by atoms with Crippen LogP contribution in [0.3, 0.4) is 0 Å². The number of likely N-dealkylation sites (tertiary alicyclic amines) is 1. The molecular formula is C39H51N5O4S2. The molecule has 4 aromatic rings. The summed E-state index contributed by atoms with van der Waals surface area (Å²) < 4.78 is 5.76. The van der Waals surface area contributed by atoms with Crippen LogP contribution in [0.4, 0.5) is 5.69 Å². The number of anilines is 1. The van der Waals surface area contributed by atoms with Crippen LogP contribution < -0.4 is 16.0 Å². The van der Waals surface area contributed by atoms with Crippen LogP contribution in [0.25, 0.3) is 11.3 Å². The van der Waals surface area contributed by atoms with Gasteiger partial charge in [-0.2, -0.15) is 0 Å². The van der Waals surface area contributed by atoms with Crippen molar-refractivity contribution < 1.29 is 19.1 Å². The first-order valence-corrected chi connectivity index (χ1v) is 18.6. The van der Waals surface area contributed by atoms with E-state index < -0.39 is 0 Å². The molecule has 1 fully saturated rings. The van der Waals surface area contributed by atoms with E-state index in [1.54, 1.807) is 13.2 Å². The van der Waals surface area contributed by atoms with E-state index >= 15 is 0 Å². The zero-order valence-electron chi connectivity index (χ0n) is 30.0. The number of aromatic nitrogens is 1. The average Bonchev–Trinajstić information content (AvgIpc) is 3.59. The first-order valence-electron chi connectivity index (χ1n) is 16.7. The summed E-state index contributed by atoms with van der Waals surface area (Å²) in [5.41, 5.74) is 6.32. The Morgan fingerprint density at radius 3 is 2.22 bits per heavy atom. The zero-order chi connectivity index (χ0) is 36.4. The highest BCUT2D eigenvalue weighted by atomic mass is 32.2. The number of carbonyl (C=O) groups excluding carboxylic acids is 3. The Hall–Kier alpha value is -4.03. The summed E-state index contributed by atoms with van der Waals surface area (Å²) in [5, 5.41) is 10.2. The summed E-state index contributed by atoms with van der Waals surface area (Å²) in [6, 6.07) is 26.3. The largest absolute Gasteiger partial charge is 0.379 e. The van der Waals surface area contributed by atoms with Gasteiger partial charge in [-0.25, -0.2) is 4.98 Å². The van der Waals surface area contributed by atoms with E-state index in [1.165, 1.54) is 39.8 Å². The van der Waals surface area contributed by atoms with E-state index in [-0.39, 0.29) is 30.0 Å². The van der Waals surface area contributed by atoms with Gasteiger partial charge in [-0.15, -0.1) is 11.3 Å². The molecule has 0 spiro atoms. The van der Waals surface area contributed by atoms with Gasteiger partial charge in [0.15, 0.2) is 4.34 Å². The van der Waals surface area contributed by atoms with Crippen LogP contribution in [0.1, 0.15) is 50.3 Å². The van der Waals surface area contributed by atoms with Gasteiger partial charge in [0, 0.05) is 49.4 Å². The number of carbonyl (C=O) groups is 3. The van der Waals surface area contributed by atoms with Crippen molar-refractivity contribution in [1.82, 2.24) is 20.5 Å². The summed E-state index contributed by atoms with van der Waals surface area (Å²) in [5.74, 6) is 0.0603. The number of benzene rings is 3. The van der Waals surface area contributed by atoms with Gasteiger partial charge < -0.3 is 20.7 Å². The maximum atomic E-state index is 12.6. The van der Waals surface area contributed by atoms with Crippen molar-refractivity contribution in [3.8, 4) is 11.3 Å². The Morgan fingerprint density at radius 2 is 1.62 bits per heavy atom. The Bertz CT molecular complexity index is 1590. The lowest BCUT2D eigenvalue weighted by Gasteiger charge is -2.32. The summed E-state index contributed by atoms with van der Waals surface area (Å²) >= 11 is 2.93. The standard InChI is InChI=1S/C28H33N5O3S2.C6H6.C5H12O/c1-19-6-7-21(12-20(19)2)15-33-10-8-23(9-11-33)30-27(36)17-38-28-32-25(16-37-28)22-4-3-5-24(13-22)31-26(35)14-29-18-34;1-2-4-6-5-3-1;1-5(2,3)6-4/h3-7,12-13,16,18,23H,8-11,14-15,17H2,1-2H3,(H,29,34)(H,30,36)(H,31,35);1-6H;1-4H3. The van der Waals surface area contributed by atoms with Crippen LogP contribution in [0.15, 0.2) is 88.6 Å². The number of thioether (sulfide) groups is 1. The lowest BCUT2D eigenvalue weighted by molar-refractivity contribution is -0.119. The van der Waals surface area contributed by atoms with Crippen LogP contribution in [-0.2, 0) is 25.7 Å². The van der Waals surface area contributed by atoms with Gasteiger partial charge in [-0.1, -0.05) is 78.5 Å². The fourth-order valence-corrected chi connectivity index (χ4v) is 6.38. The average molecular weight is 718 g/mol. The maximum Gasteiger partial charge on any atom is 0.243 e. The third-order valence-electron chi connectivity index (χ3n) is 7.81. The lowest BCUT2D eigenvalue weighted by Crippen LogP contribution is -2.44. The van der Waals surface area contributed by atoms with Crippen molar-refractivity contribution in [3.05, 3.63) is 101 Å². The van der Waals surface area contributed by atoms with Gasteiger partial charge in [0.25, 0.3) is 0 Å². The molecule has 0 aliphatic carbocycles. The second kappa shape index (κ2) is 21.2. The molecule has 0 radical (unpaired) electrons. The van der Waals surface area contributed by atoms with E-state index in [0.717, 1.165) is 48.1 Å². The van der Waals surface area contributed by atoms with Gasteiger partial charge in [0.05, 0.1) is 23.6 Å². The number of nitrogens with one attached hydrogen (secondary N) is 3. The number of piperidine rings is 1. The minimum absolute atomic E-state index is 0.0352. The first kappa shape index (κ1) is 40.4. The molecule has 50 heavy (non-hydrogen) atoms. The topological polar surface area (TPSA) is 113 Å². The molecule has 3 aromatic carbocycles. The molecule has 11 heteroatoms. The van der Waals surface area contributed by atoms with Crippen molar-refractivity contribution in [2.24, 2.45) is 0 Å². The van der Waals surface area contributed by atoms with Gasteiger partial charge in [0.1, 0.15) is 0 Å². The number of nitrogens with zero attached hydrogens (tertiary/aromatic N) is 2. The fraction of sp³-hybridized carbons (Fsp3) is 0.385. The highest BCUT2D eigenvalue weighted by molar-refractivity contribution is 8.01. The van der Waals surface area contributed by atoms with Crippen molar-refractivity contribution in [3.63, 3.8) is 0 Å². The SMILES string of the molecule is COC(C)(C)C.Cc1ccc(CN2CCC(NC(=O)CSc3nc(-c4cccc(NC(=O)CNC=O)c4)cs3)CC2)cc1C.c1ccccc1. The molecule has 1 aliphatic rings. The maximum absolute atomic E-state index is 12.6. The van der Waals surface area contributed by atoms with E-state index in [2.05, 4.69) is 57.9 Å². The summed E-state index contributed by atoms with van der Waals surface area (Å²) in [4.78, 5) is 41.9. The molecule has 3 amide bonds. The number of hydrogen-bond acceptors (Lipinski definition) is 8. The number of rotatable bonds is 11. The molecule has 1 aliphatic heterocycles. The predicted molar refractivity (Wildman–Crippen MR) is 207 cm³/mol. The second-order valence-electron chi connectivity index (χ2n) is 12.9. The fourth-order valence-electron chi connectivity index (χ4n) is 4.73. The van der Waals surface area contributed by atoms with E-state index in [4.69, 9.17) is 4.74 Å². The smallest absolute Gasteiger partial charge is 0.243 e. The lowest BCUT2D eigenvalue weighted by atomic mass is 10.0. The third-order valence-corrected chi connectivity index (χ3v) is 9.83. The van der Waals surface area contributed by atoms with Crippen LogP contribution >= 0.6 is 23.1 Å². The zero-order valence-corrected chi connectivity index (χ0v) is 31.7. The van der Waals surface area contributed by atoms with Gasteiger partial charge >= 0.3 is 0 Å². The molecule has 1 aromatic heterocycles. The first-order chi connectivity index (χ1) is 24.0. The van der Waals surface area contributed by atoms with Gasteiger partial charge in [0.2, 0.25) is 18.2 Å². The highest BCUT2D eigenvalue weighted by Crippen LogP contribution is 2.29. The van der Waals surface area contributed by atoms with Crippen molar-refractivity contribution in [1.29, 1.82) is 0 Å². The van der Waals surface area contributed by atoms with Crippen LogP contribution in [0, 0.1) is 13.8 Å². The quantitative estimate of drug-likeness (QED) is 0.112. The molecule has 2 heterocycles. The van der Waals surface area contributed by atoms with Crippen LogP contribution in [-0.4, -0.2) is 72.2 Å². The summed E-state index contributed by atoms with van der Waals surface area (Å²) in [7, 11) is 1.71. The molecular weight excluding hydrogens is 667 g/mol. The number of hydrogen-bond donors (Lipinski definition) is 3. The molecule has 0 atom stereocenters. The Labute approximate surface area is 305 Å². The minimum atomic E-state index is -0.304. The second-order valence-corrected chi connectivity index (χ2v) is 15.0. The normalized spacial score (nSPS) is 13.2.